The fourth-order valence-corrected chi connectivity index (χ4v) is 4.75. The molecule has 2 saturated heterocycles. The van der Waals surface area contributed by atoms with E-state index in [-0.39, 0.29) is 11.7 Å². The normalized spacial score (nSPS) is 18.4. The molecule has 0 radical (unpaired) electrons. The van der Waals surface area contributed by atoms with Gasteiger partial charge in [-0.1, -0.05) is 30.3 Å². The van der Waals surface area contributed by atoms with E-state index < -0.39 is 5.54 Å². The lowest BCUT2D eigenvalue weighted by Gasteiger charge is -2.43. The number of piperidine rings is 1. The molecular weight excluding hydrogens is 391 g/mol. The number of carbonyl (C=O) groups is 1. The van der Waals surface area contributed by atoms with Crippen LogP contribution >= 0.6 is 0 Å². The van der Waals surface area contributed by atoms with E-state index in [9.17, 15) is 9.18 Å². The van der Waals surface area contributed by atoms with E-state index in [0.29, 0.717) is 6.67 Å². The number of nitrogens with one attached hydrogen (secondary N) is 1. The molecule has 0 atom stereocenters. The first-order chi connectivity index (χ1) is 15.1. The second kappa shape index (κ2) is 8.12. The van der Waals surface area contributed by atoms with Gasteiger partial charge in [0, 0.05) is 43.3 Å². The van der Waals surface area contributed by atoms with Crippen molar-refractivity contribution in [1.82, 2.24) is 15.2 Å². The van der Waals surface area contributed by atoms with Crippen LogP contribution in [0, 0.1) is 5.82 Å². The van der Waals surface area contributed by atoms with Crippen LogP contribution in [0.25, 0.3) is 11.1 Å². The fraction of sp³-hybridized carbons (Fsp3) is 0.280. The summed E-state index contributed by atoms with van der Waals surface area (Å²) in [4.78, 5) is 21.7. The van der Waals surface area contributed by atoms with Crippen molar-refractivity contribution in [2.75, 3.05) is 24.7 Å². The minimum Gasteiger partial charge on any atom is -0.339 e. The van der Waals surface area contributed by atoms with E-state index in [1.165, 1.54) is 17.7 Å². The zero-order valence-corrected chi connectivity index (χ0v) is 17.3. The molecule has 2 aliphatic heterocycles. The number of hydrogen-bond donors (Lipinski definition) is 1. The SMILES string of the molecule is O=C1NCN(c2ccc(F)cc2)C12CCN(Cc1cncc(-c3ccccc3)c1)CC2. The van der Waals surface area contributed by atoms with E-state index in [2.05, 4.69) is 38.3 Å². The summed E-state index contributed by atoms with van der Waals surface area (Å²) in [6, 6.07) is 18.9. The first-order valence-corrected chi connectivity index (χ1v) is 10.7. The van der Waals surface area contributed by atoms with Gasteiger partial charge >= 0.3 is 0 Å². The predicted octanol–water partition coefficient (Wildman–Crippen LogP) is 3.82. The summed E-state index contributed by atoms with van der Waals surface area (Å²) >= 11 is 0. The monoisotopic (exact) mass is 416 g/mol. The van der Waals surface area contributed by atoms with Crippen LogP contribution in [0.4, 0.5) is 10.1 Å². The van der Waals surface area contributed by atoms with E-state index in [4.69, 9.17) is 0 Å². The third-order valence-corrected chi connectivity index (χ3v) is 6.47. The van der Waals surface area contributed by atoms with Gasteiger partial charge in [0.2, 0.25) is 5.91 Å². The smallest absolute Gasteiger partial charge is 0.247 e. The Hall–Kier alpha value is -3.25. The van der Waals surface area contributed by atoms with Gasteiger partial charge in [-0.2, -0.15) is 0 Å². The van der Waals surface area contributed by atoms with E-state index in [1.54, 1.807) is 12.1 Å². The first-order valence-electron chi connectivity index (χ1n) is 10.7. The lowest BCUT2D eigenvalue weighted by atomic mass is 9.85. The van der Waals surface area contributed by atoms with E-state index in [1.807, 2.05) is 30.6 Å². The van der Waals surface area contributed by atoms with Crippen LogP contribution in [-0.2, 0) is 11.3 Å². The van der Waals surface area contributed by atoms with Crippen molar-refractivity contribution in [2.24, 2.45) is 0 Å². The van der Waals surface area contributed by atoms with Crippen LogP contribution < -0.4 is 10.2 Å². The average Bonchev–Trinajstić information content (AvgIpc) is 3.12. The average molecular weight is 417 g/mol. The molecule has 3 heterocycles. The van der Waals surface area contributed by atoms with Crippen LogP contribution in [0.2, 0.25) is 0 Å². The van der Waals surface area contributed by atoms with Crippen molar-refractivity contribution < 1.29 is 9.18 Å². The molecule has 1 aromatic heterocycles. The maximum Gasteiger partial charge on any atom is 0.247 e. The molecule has 0 saturated carbocycles. The number of likely N-dealkylation sites (tertiary alicyclic amines) is 1. The molecule has 2 fully saturated rings. The summed E-state index contributed by atoms with van der Waals surface area (Å²) in [6.07, 6.45) is 5.29. The summed E-state index contributed by atoms with van der Waals surface area (Å²) in [6.45, 7) is 2.91. The zero-order chi connectivity index (χ0) is 21.3. The Bertz CT molecular complexity index is 1060. The van der Waals surface area contributed by atoms with Crippen molar-refractivity contribution in [3.8, 4) is 11.1 Å². The lowest BCUT2D eigenvalue weighted by Crippen LogP contribution is -2.56. The highest BCUT2D eigenvalue weighted by molar-refractivity contribution is 5.93. The third-order valence-electron chi connectivity index (χ3n) is 6.47. The van der Waals surface area contributed by atoms with Crippen LogP contribution in [-0.4, -0.2) is 41.1 Å². The Morgan fingerprint density at radius 1 is 0.968 bits per heavy atom. The Kier molecular flexibility index (Phi) is 5.16. The Labute approximate surface area is 181 Å². The third kappa shape index (κ3) is 3.79. The number of nitrogens with zero attached hydrogens (tertiary/aromatic N) is 3. The molecule has 0 aliphatic carbocycles. The van der Waals surface area contributed by atoms with Crippen molar-refractivity contribution in [2.45, 2.75) is 24.9 Å². The summed E-state index contributed by atoms with van der Waals surface area (Å²) in [5.74, 6) is -0.193. The van der Waals surface area contributed by atoms with Crippen LogP contribution in [0.15, 0.2) is 73.1 Å². The highest BCUT2D eigenvalue weighted by Crippen LogP contribution is 2.36. The maximum absolute atomic E-state index is 13.4. The Morgan fingerprint density at radius 2 is 1.71 bits per heavy atom. The number of halogens is 1. The molecular formula is C25H25FN4O. The molecule has 2 aromatic carbocycles. The van der Waals surface area contributed by atoms with Crippen molar-refractivity contribution in [3.63, 3.8) is 0 Å². The highest BCUT2D eigenvalue weighted by atomic mass is 19.1. The lowest BCUT2D eigenvalue weighted by molar-refractivity contribution is -0.125. The minimum absolute atomic E-state index is 0.0733. The van der Waals surface area contributed by atoms with Gasteiger partial charge < -0.3 is 10.2 Å². The molecule has 31 heavy (non-hydrogen) atoms. The second-order valence-corrected chi connectivity index (χ2v) is 8.32. The number of carbonyl (C=O) groups excluding carboxylic acids is 1. The Balaban J connectivity index is 1.29. The molecule has 1 spiro atoms. The minimum atomic E-state index is -0.557. The molecule has 6 heteroatoms. The standard InChI is InChI=1S/C25H25FN4O/c26-22-6-8-23(9-7-22)30-18-28-24(31)25(30)10-12-29(13-11-25)17-19-14-21(16-27-15-19)20-4-2-1-3-5-20/h1-9,14-16H,10-13,17-18H2,(H,28,31). The Morgan fingerprint density at radius 3 is 2.45 bits per heavy atom. The van der Waals surface area contributed by atoms with E-state index in [0.717, 1.165) is 49.3 Å². The van der Waals surface area contributed by atoms with Crippen LogP contribution in [0.3, 0.4) is 0 Å². The first kappa shape index (κ1) is 19.7. The molecule has 2 aliphatic rings. The fourth-order valence-electron chi connectivity index (χ4n) is 4.75. The summed E-state index contributed by atoms with van der Waals surface area (Å²) < 4.78 is 13.4. The number of amides is 1. The number of aromatic nitrogens is 1. The molecule has 158 valence electrons. The largest absolute Gasteiger partial charge is 0.339 e. The van der Waals surface area contributed by atoms with Gasteiger partial charge in [-0.05, 0) is 54.3 Å². The molecule has 3 aromatic rings. The number of anilines is 1. The van der Waals surface area contributed by atoms with Gasteiger partial charge in [0.05, 0.1) is 6.67 Å². The van der Waals surface area contributed by atoms with Crippen molar-refractivity contribution >= 4 is 11.6 Å². The molecule has 0 unspecified atom stereocenters. The van der Waals surface area contributed by atoms with Gasteiger partial charge in [0.25, 0.3) is 0 Å². The summed E-state index contributed by atoms with van der Waals surface area (Å²) in [5.41, 5.74) is 3.77. The van der Waals surface area contributed by atoms with Crippen LogP contribution in [0.5, 0.6) is 0 Å². The number of hydrogen-bond acceptors (Lipinski definition) is 4. The number of benzene rings is 2. The predicted molar refractivity (Wildman–Crippen MR) is 119 cm³/mol. The zero-order valence-electron chi connectivity index (χ0n) is 17.3. The van der Waals surface area contributed by atoms with Crippen molar-refractivity contribution in [1.29, 1.82) is 0 Å². The van der Waals surface area contributed by atoms with Gasteiger partial charge in [0.15, 0.2) is 0 Å². The van der Waals surface area contributed by atoms with Gasteiger partial charge in [-0.15, -0.1) is 0 Å². The highest BCUT2D eigenvalue weighted by Gasteiger charge is 2.50. The van der Waals surface area contributed by atoms with Crippen molar-refractivity contribution in [3.05, 3.63) is 84.4 Å². The van der Waals surface area contributed by atoms with Gasteiger partial charge in [0.1, 0.15) is 11.4 Å². The maximum atomic E-state index is 13.4. The molecule has 0 bridgehead atoms. The summed E-state index contributed by atoms with van der Waals surface area (Å²) in [5, 5.41) is 3.00. The molecule has 1 amide bonds. The number of pyridine rings is 1. The molecule has 5 nitrogen and oxygen atoms in total. The van der Waals surface area contributed by atoms with Gasteiger partial charge in [-0.3, -0.25) is 14.7 Å². The number of rotatable bonds is 4. The summed E-state index contributed by atoms with van der Waals surface area (Å²) in [7, 11) is 0. The van der Waals surface area contributed by atoms with Gasteiger partial charge in [-0.25, -0.2) is 4.39 Å². The molecule has 1 N–H and O–H groups in total. The second-order valence-electron chi connectivity index (χ2n) is 8.32. The van der Waals surface area contributed by atoms with Crippen LogP contribution in [0.1, 0.15) is 18.4 Å². The topological polar surface area (TPSA) is 48.5 Å². The van der Waals surface area contributed by atoms with E-state index >= 15 is 0 Å². The quantitative estimate of drug-likeness (QED) is 0.703. The molecule has 5 rings (SSSR count).